The molecule has 1 saturated heterocycles. The minimum absolute atomic E-state index is 0.580. The van der Waals surface area contributed by atoms with Crippen molar-refractivity contribution in [3.63, 3.8) is 0 Å². The van der Waals surface area contributed by atoms with E-state index in [1.807, 2.05) is 6.20 Å². The Hall–Kier alpha value is -1.62. The van der Waals surface area contributed by atoms with Gasteiger partial charge in [0.15, 0.2) is 0 Å². The van der Waals surface area contributed by atoms with E-state index in [0.29, 0.717) is 5.92 Å². The first-order chi connectivity index (χ1) is 9.76. The van der Waals surface area contributed by atoms with Gasteiger partial charge in [-0.25, -0.2) is 4.98 Å². The highest BCUT2D eigenvalue weighted by atomic mass is 15.2. The van der Waals surface area contributed by atoms with Crippen LogP contribution in [0.5, 0.6) is 0 Å². The lowest BCUT2D eigenvalue weighted by Gasteiger charge is -2.31. The van der Waals surface area contributed by atoms with Crippen LogP contribution >= 0.6 is 0 Å². The summed E-state index contributed by atoms with van der Waals surface area (Å²) in [6.07, 6.45) is 5.31. The highest BCUT2D eigenvalue weighted by Crippen LogP contribution is 2.26. The number of nitrogens with one attached hydrogen (secondary N) is 2. The van der Waals surface area contributed by atoms with E-state index in [1.165, 1.54) is 36.5 Å². The van der Waals surface area contributed by atoms with Crippen molar-refractivity contribution in [2.45, 2.75) is 45.6 Å². The molecule has 5 nitrogen and oxygen atoms in total. The van der Waals surface area contributed by atoms with Crippen LogP contribution in [0.4, 0.5) is 0 Å². The van der Waals surface area contributed by atoms with Gasteiger partial charge in [0, 0.05) is 43.0 Å². The third-order valence-corrected chi connectivity index (χ3v) is 4.21. The summed E-state index contributed by atoms with van der Waals surface area (Å²) in [7, 11) is 0. The fraction of sp³-hybridized carbons (Fsp3) is 0.600. The van der Waals surface area contributed by atoms with Crippen molar-refractivity contribution < 1.29 is 0 Å². The Kier molecular flexibility index (Phi) is 3.87. The number of aromatic nitrogens is 4. The maximum Gasteiger partial charge on any atom is 0.106 e. The summed E-state index contributed by atoms with van der Waals surface area (Å²) in [5, 5.41) is 7.19. The Bertz CT molecular complexity index is 543. The third-order valence-electron chi connectivity index (χ3n) is 4.21. The number of aromatic amines is 2. The van der Waals surface area contributed by atoms with Crippen LogP contribution < -0.4 is 0 Å². The van der Waals surface area contributed by atoms with Crippen LogP contribution in [-0.4, -0.2) is 38.2 Å². The third kappa shape index (κ3) is 2.77. The van der Waals surface area contributed by atoms with Crippen molar-refractivity contribution in [1.29, 1.82) is 0 Å². The standard InChI is InChI=1S/C15H23N5/c1-3-15-17-11(2)14(18-15)10-20-8-4-5-12(9-20)13-6-7-16-19-13/h6-7,12H,3-5,8-10H2,1-2H3,(H,16,19)(H,17,18)/t12-/m1/s1. The van der Waals surface area contributed by atoms with Crippen molar-refractivity contribution in [2.24, 2.45) is 0 Å². The normalized spacial score (nSPS) is 20.4. The molecule has 1 atom stereocenters. The first kappa shape index (κ1) is 13.4. The molecule has 1 aliphatic heterocycles. The molecule has 1 fully saturated rings. The van der Waals surface area contributed by atoms with Gasteiger partial charge in [-0.1, -0.05) is 6.92 Å². The molecule has 5 heteroatoms. The van der Waals surface area contributed by atoms with Crippen LogP contribution in [0.1, 0.15) is 48.6 Å². The van der Waals surface area contributed by atoms with Gasteiger partial charge in [0.25, 0.3) is 0 Å². The first-order valence-corrected chi connectivity index (χ1v) is 7.52. The SMILES string of the molecule is CCc1nc(CN2CCC[C@@H](c3ccn[nH]3)C2)c(C)[nH]1. The van der Waals surface area contributed by atoms with Crippen molar-refractivity contribution in [2.75, 3.05) is 13.1 Å². The largest absolute Gasteiger partial charge is 0.346 e. The maximum absolute atomic E-state index is 4.69. The van der Waals surface area contributed by atoms with Crippen LogP contribution in [-0.2, 0) is 13.0 Å². The zero-order valence-electron chi connectivity index (χ0n) is 12.3. The molecule has 0 unspecified atom stereocenters. The zero-order chi connectivity index (χ0) is 13.9. The predicted octanol–water partition coefficient (Wildman–Crippen LogP) is 2.38. The van der Waals surface area contributed by atoms with Crippen LogP contribution in [0, 0.1) is 6.92 Å². The second kappa shape index (κ2) is 5.79. The summed E-state index contributed by atoms with van der Waals surface area (Å²) in [6.45, 7) is 7.47. The molecule has 2 N–H and O–H groups in total. The molecule has 20 heavy (non-hydrogen) atoms. The molecule has 1 aliphatic rings. The van der Waals surface area contributed by atoms with Crippen molar-refractivity contribution in [3.8, 4) is 0 Å². The van der Waals surface area contributed by atoms with E-state index in [0.717, 1.165) is 25.3 Å². The number of rotatable bonds is 4. The number of imidazole rings is 1. The molecule has 2 aromatic heterocycles. The molecule has 0 radical (unpaired) electrons. The monoisotopic (exact) mass is 273 g/mol. The van der Waals surface area contributed by atoms with Crippen molar-refractivity contribution >= 4 is 0 Å². The maximum atomic E-state index is 4.69. The lowest BCUT2D eigenvalue weighted by atomic mass is 9.95. The van der Waals surface area contributed by atoms with E-state index in [9.17, 15) is 0 Å². The van der Waals surface area contributed by atoms with Gasteiger partial charge in [-0.2, -0.15) is 5.10 Å². The topological polar surface area (TPSA) is 60.6 Å². The number of hydrogen-bond donors (Lipinski definition) is 2. The summed E-state index contributed by atoms with van der Waals surface area (Å²) in [4.78, 5) is 10.6. The van der Waals surface area contributed by atoms with Gasteiger partial charge in [-0.05, 0) is 32.4 Å². The minimum atomic E-state index is 0.580. The molecule has 2 aromatic rings. The van der Waals surface area contributed by atoms with Gasteiger partial charge >= 0.3 is 0 Å². The van der Waals surface area contributed by atoms with Crippen LogP contribution in [0.2, 0.25) is 0 Å². The van der Waals surface area contributed by atoms with Gasteiger partial charge in [0.2, 0.25) is 0 Å². The Balaban J connectivity index is 1.66. The molecule has 108 valence electrons. The van der Waals surface area contributed by atoms with Gasteiger partial charge < -0.3 is 4.98 Å². The predicted molar refractivity (Wildman–Crippen MR) is 78.5 cm³/mol. The summed E-state index contributed by atoms with van der Waals surface area (Å²) < 4.78 is 0. The van der Waals surface area contributed by atoms with Crippen LogP contribution in [0.3, 0.4) is 0 Å². The molecule has 0 spiro atoms. The smallest absolute Gasteiger partial charge is 0.106 e. The Labute approximate surface area is 119 Å². The summed E-state index contributed by atoms with van der Waals surface area (Å²) in [6, 6.07) is 2.10. The van der Waals surface area contributed by atoms with E-state index in [-0.39, 0.29) is 0 Å². The minimum Gasteiger partial charge on any atom is -0.346 e. The van der Waals surface area contributed by atoms with Gasteiger partial charge in [0.1, 0.15) is 5.82 Å². The molecule has 0 aliphatic carbocycles. The number of aryl methyl sites for hydroxylation is 2. The lowest BCUT2D eigenvalue weighted by Crippen LogP contribution is -2.34. The number of piperidine rings is 1. The fourth-order valence-corrected chi connectivity index (χ4v) is 3.04. The van der Waals surface area contributed by atoms with E-state index >= 15 is 0 Å². The Morgan fingerprint density at radius 1 is 1.45 bits per heavy atom. The average Bonchev–Trinajstić information content (AvgIpc) is 3.10. The number of nitrogens with zero attached hydrogens (tertiary/aromatic N) is 3. The summed E-state index contributed by atoms with van der Waals surface area (Å²) in [5.74, 6) is 1.68. The number of hydrogen-bond acceptors (Lipinski definition) is 3. The summed E-state index contributed by atoms with van der Waals surface area (Å²) >= 11 is 0. The first-order valence-electron chi connectivity index (χ1n) is 7.52. The lowest BCUT2D eigenvalue weighted by molar-refractivity contribution is 0.196. The van der Waals surface area contributed by atoms with Gasteiger partial charge in [-0.15, -0.1) is 0 Å². The molecule has 0 saturated carbocycles. The fourth-order valence-electron chi connectivity index (χ4n) is 3.04. The van der Waals surface area contributed by atoms with E-state index in [2.05, 4.69) is 40.0 Å². The Morgan fingerprint density at radius 2 is 2.35 bits per heavy atom. The van der Waals surface area contributed by atoms with Gasteiger partial charge in [-0.3, -0.25) is 10.00 Å². The molecule has 3 heterocycles. The highest BCUT2D eigenvalue weighted by Gasteiger charge is 2.23. The second-order valence-electron chi connectivity index (χ2n) is 5.69. The Morgan fingerprint density at radius 3 is 3.05 bits per heavy atom. The molecular formula is C15H23N5. The average molecular weight is 273 g/mol. The van der Waals surface area contributed by atoms with Crippen LogP contribution in [0.25, 0.3) is 0 Å². The molecule has 0 aromatic carbocycles. The van der Waals surface area contributed by atoms with Crippen molar-refractivity contribution in [1.82, 2.24) is 25.1 Å². The number of likely N-dealkylation sites (tertiary alicyclic amines) is 1. The second-order valence-corrected chi connectivity index (χ2v) is 5.69. The summed E-state index contributed by atoms with van der Waals surface area (Å²) in [5.41, 5.74) is 3.68. The molecule has 0 bridgehead atoms. The van der Waals surface area contributed by atoms with Gasteiger partial charge in [0.05, 0.1) is 5.69 Å². The quantitative estimate of drug-likeness (QED) is 0.899. The van der Waals surface area contributed by atoms with E-state index in [4.69, 9.17) is 4.98 Å². The molecule has 3 rings (SSSR count). The number of H-pyrrole nitrogens is 2. The van der Waals surface area contributed by atoms with E-state index in [1.54, 1.807) is 0 Å². The molecular weight excluding hydrogens is 250 g/mol. The zero-order valence-corrected chi connectivity index (χ0v) is 12.3. The highest BCUT2D eigenvalue weighted by molar-refractivity contribution is 5.14. The van der Waals surface area contributed by atoms with Crippen molar-refractivity contribution in [3.05, 3.63) is 35.2 Å². The van der Waals surface area contributed by atoms with Crippen LogP contribution in [0.15, 0.2) is 12.3 Å². The molecule has 0 amide bonds. The van der Waals surface area contributed by atoms with E-state index < -0.39 is 0 Å².